The fourth-order valence-corrected chi connectivity index (χ4v) is 5.19. The highest BCUT2D eigenvalue weighted by atomic mass is 16.6. The maximum atomic E-state index is 13.1. The van der Waals surface area contributed by atoms with E-state index < -0.39 is 0 Å². The molecule has 3 heterocycles. The Kier molecular flexibility index (Phi) is 8.31. The minimum Gasteiger partial charge on any atom is -0.416 e. The molecule has 1 saturated heterocycles. The Labute approximate surface area is 249 Å². The van der Waals surface area contributed by atoms with Crippen LogP contribution in [0.1, 0.15) is 44.0 Å². The van der Waals surface area contributed by atoms with Gasteiger partial charge in [0, 0.05) is 47.8 Å². The largest absolute Gasteiger partial charge is 0.416 e. The number of aromatic nitrogens is 4. The van der Waals surface area contributed by atoms with Crippen molar-refractivity contribution >= 4 is 34.4 Å². The lowest BCUT2D eigenvalue weighted by Crippen LogP contribution is -2.41. The van der Waals surface area contributed by atoms with Gasteiger partial charge >= 0.3 is 0 Å². The third kappa shape index (κ3) is 6.28. The molecular formula is C31H37N9O3. The summed E-state index contributed by atoms with van der Waals surface area (Å²) in [7, 11) is 0. The van der Waals surface area contributed by atoms with E-state index in [9.17, 15) is 9.59 Å². The highest BCUT2D eigenvalue weighted by Gasteiger charge is 2.27. The molecule has 12 heteroatoms. The number of allylic oxidation sites excluding steroid dienone is 1. The van der Waals surface area contributed by atoms with Gasteiger partial charge in [-0.2, -0.15) is 11.0 Å². The number of hydrogen-bond donors (Lipinski definition) is 4. The van der Waals surface area contributed by atoms with E-state index in [1.807, 2.05) is 63.2 Å². The first-order valence-electron chi connectivity index (χ1n) is 14.2. The van der Waals surface area contributed by atoms with Crippen molar-refractivity contribution in [1.29, 1.82) is 0 Å². The third-order valence-electron chi connectivity index (χ3n) is 7.66. The van der Waals surface area contributed by atoms with E-state index in [2.05, 4.69) is 15.3 Å². The zero-order chi connectivity index (χ0) is 30.7. The number of nitrogens with one attached hydrogen (secondary N) is 1. The molecule has 5 rings (SSSR count). The van der Waals surface area contributed by atoms with Gasteiger partial charge in [0.1, 0.15) is 23.6 Å². The fraction of sp³-hybridized carbons (Fsp3) is 0.323. The van der Waals surface area contributed by atoms with Crippen molar-refractivity contribution in [2.75, 3.05) is 30.7 Å². The van der Waals surface area contributed by atoms with Crippen LogP contribution in [0.2, 0.25) is 0 Å². The average molecular weight is 584 g/mol. The van der Waals surface area contributed by atoms with E-state index in [1.54, 1.807) is 21.7 Å². The zero-order valence-corrected chi connectivity index (χ0v) is 24.6. The Hall–Kier alpha value is -4.97. The predicted octanol–water partition coefficient (Wildman–Crippen LogP) is 3.63. The van der Waals surface area contributed by atoms with Gasteiger partial charge in [-0.1, -0.05) is 32.9 Å². The number of anilines is 2. The van der Waals surface area contributed by atoms with E-state index in [0.717, 1.165) is 16.9 Å². The van der Waals surface area contributed by atoms with Gasteiger partial charge < -0.3 is 26.5 Å². The molecule has 1 fully saturated rings. The molecule has 0 unspecified atom stereocenters. The van der Waals surface area contributed by atoms with Gasteiger partial charge in [-0.15, -0.1) is 0 Å². The van der Waals surface area contributed by atoms with Crippen molar-refractivity contribution in [3.63, 3.8) is 0 Å². The van der Waals surface area contributed by atoms with Gasteiger partial charge in [0.25, 0.3) is 5.91 Å². The van der Waals surface area contributed by atoms with Crippen molar-refractivity contribution in [2.45, 2.75) is 33.6 Å². The van der Waals surface area contributed by atoms with Crippen LogP contribution in [-0.4, -0.2) is 56.1 Å². The molecule has 4 aromatic rings. The second kappa shape index (κ2) is 12.1. The van der Waals surface area contributed by atoms with Crippen LogP contribution in [0.15, 0.2) is 66.7 Å². The van der Waals surface area contributed by atoms with Crippen LogP contribution < -0.4 is 22.7 Å². The summed E-state index contributed by atoms with van der Waals surface area (Å²) < 4.78 is 1.73. The number of benzene rings is 2. The number of nitrogens with zero attached hydrogens (tertiary/aromatic N) is 5. The standard InChI is InChI=1S/C31H37N9O3/c1-31(2,3)24(43-34)12-15-35-22-8-10-23(11-9-22)40-29-25(27(32)36-18-37-29)26(38-40)19-4-6-21(7-5-19)30(42)39-16-13-20(14-17-39)28(33)41/h4-12,18,20,35H,13-17,34H2,1-3H3,(H2,33,41)(H2,32,36,37)/b24-12-. The molecule has 0 spiro atoms. The molecular weight excluding hydrogens is 546 g/mol. The van der Waals surface area contributed by atoms with E-state index in [-0.39, 0.29) is 23.1 Å². The van der Waals surface area contributed by atoms with Crippen molar-refractivity contribution < 1.29 is 14.4 Å². The van der Waals surface area contributed by atoms with Crippen molar-refractivity contribution in [3.8, 4) is 16.9 Å². The molecule has 1 aliphatic rings. The monoisotopic (exact) mass is 583 g/mol. The number of carbonyl (C=O) groups excluding carboxylic acids is 2. The molecule has 0 atom stereocenters. The first-order chi connectivity index (χ1) is 20.6. The molecule has 0 saturated carbocycles. The summed E-state index contributed by atoms with van der Waals surface area (Å²) in [5.74, 6) is 5.88. The molecule has 12 nitrogen and oxygen atoms in total. The maximum Gasteiger partial charge on any atom is 0.253 e. The summed E-state index contributed by atoms with van der Waals surface area (Å²) in [5.41, 5.74) is 15.8. The molecule has 0 bridgehead atoms. The number of primary amides is 1. The lowest BCUT2D eigenvalue weighted by Gasteiger charge is -2.30. The minimum atomic E-state index is -0.306. The molecule has 2 aromatic carbocycles. The SMILES string of the molecule is CC(C)(C)/C(=C/CNc1ccc(-n2nc(-c3ccc(C(=O)N4CCC(C(N)=O)CC4)cc3)c3c(N)ncnc32)cc1)ON. The highest BCUT2D eigenvalue weighted by molar-refractivity contribution is 6.00. The van der Waals surface area contributed by atoms with E-state index in [1.165, 1.54) is 6.33 Å². The number of nitrogens with two attached hydrogens (primary N) is 3. The number of nitrogen functional groups attached to an aromatic ring is 1. The number of rotatable bonds is 8. The van der Waals surface area contributed by atoms with Crippen LogP contribution in [0.25, 0.3) is 28.0 Å². The quantitative estimate of drug-likeness (QED) is 0.178. The first kappa shape index (κ1) is 29.5. The molecule has 2 amide bonds. The Morgan fingerprint density at radius 3 is 2.33 bits per heavy atom. The summed E-state index contributed by atoms with van der Waals surface area (Å²) in [4.78, 5) is 40.0. The Morgan fingerprint density at radius 2 is 1.72 bits per heavy atom. The number of fused-ring (bicyclic) bond motifs is 1. The predicted molar refractivity (Wildman–Crippen MR) is 166 cm³/mol. The van der Waals surface area contributed by atoms with E-state index in [4.69, 9.17) is 27.3 Å². The highest BCUT2D eigenvalue weighted by Crippen LogP contribution is 2.32. The second-order valence-corrected chi connectivity index (χ2v) is 11.6. The Morgan fingerprint density at radius 1 is 1.05 bits per heavy atom. The lowest BCUT2D eigenvalue weighted by molar-refractivity contribution is -0.123. The summed E-state index contributed by atoms with van der Waals surface area (Å²) in [6.07, 6.45) is 4.50. The van der Waals surface area contributed by atoms with Gasteiger partial charge in [-0.25, -0.2) is 14.6 Å². The maximum absolute atomic E-state index is 13.1. The molecule has 43 heavy (non-hydrogen) atoms. The van der Waals surface area contributed by atoms with Gasteiger partial charge in [0.15, 0.2) is 5.65 Å². The second-order valence-electron chi connectivity index (χ2n) is 11.6. The summed E-state index contributed by atoms with van der Waals surface area (Å²) in [6.45, 7) is 7.65. The van der Waals surface area contributed by atoms with E-state index >= 15 is 0 Å². The molecule has 7 N–H and O–H groups in total. The van der Waals surface area contributed by atoms with Crippen LogP contribution >= 0.6 is 0 Å². The van der Waals surface area contributed by atoms with E-state index in [0.29, 0.717) is 66.3 Å². The van der Waals surface area contributed by atoms with Crippen molar-refractivity contribution in [2.24, 2.45) is 23.0 Å². The first-order valence-corrected chi connectivity index (χ1v) is 14.2. The van der Waals surface area contributed by atoms with Crippen LogP contribution in [-0.2, 0) is 9.63 Å². The number of hydrogen-bond acceptors (Lipinski definition) is 9. The summed E-state index contributed by atoms with van der Waals surface area (Å²) >= 11 is 0. The van der Waals surface area contributed by atoms with Crippen LogP contribution in [0.4, 0.5) is 11.5 Å². The minimum absolute atomic E-state index is 0.0814. The Bertz CT molecular complexity index is 1650. The van der Waals surface area contributed by atoms with Crippen molar-refractivity contribution in [3.05, 3.63) is 72.3 Å². The fourth-order valence-electron chi connectivity index (χ4n) is 5.19. The number of amides is 2. The van der Waals surface area contributed by atoms with Crippen LogP contribution in [0, 0.1) is 11.3 Å². The normalized spacial score (nSPS) is 14.6. The average Bonchev–Trinajstić information content (AvgIpc) is 3.40. The number of piperidine rings is 1. The van der Waals surface area contributed by atoms with Crippen molar-refractivity contribution in [1.82, 2.24) is 24.6 Å². The third-order valence-corrected chi connectivity index (χ3v) is 7.66. The van der Waals surface area contributed by atoms with Gasteiger partial charge in [0.05, 0.1) is 11.1 Å². The lowest BCUT2D eigenvalue weighted by atomic mass is 9.93. The summed E-state index contributed by atoms with van der Waals surface area (Å²) in [6, 6.07) is 15.0. The van der Waals surface area contributed by atoms with Gasteiger partial charge in [-0.05, 0) is 55.3 Å². The number of likely N-dealkylation sites (tertiary alicyclic amines) is 1. The Balaban J connectivity index is 1.37. The molecule has 1 aliphatic heterocycles. The summed E-state index contributed by atoms with van der Waals surface area (Å²) in [5, 5.41) is 8.84. The molecule has 0 aliphatic carbocycles. The number of carbonyl (C=O) groups is 2. The van der Waals surface area contributed by atoms with Gasteiger partial charge in [-0.3, -0.25) is 9.59 Å². The molecule has 224 valence electrons. The van der Waals surface area contributed by atoms with Gasteiger partial charge in [0.2, 0.25) is 5.91 Å². The molecule has 2 aromatic heterocycles. The zero-order valence-electron chi connectivity index (χ0n) is 24.6. The topological polar surface area (TPSA) is 180 Å². The smallest absolute Gasteiger partial charge is 0.253 e. The van der Waals surface area contributed by atoms with Crippen LogP contribution in [0.5, 0.6) is 0 Å². The van der Waals surface area contributed by atoms with Crippen LogP contribution in [0.3, 0.4) is 0 Å². The molecule has 0 radical (unpaired) electrons.